The number of nitrogens with one attached hydrogen (secondary N) is 2. The summed E-state index contributed by atoms with van der Waals surface area (Å²) in [5.41, 5.74) is 3.11. The van der Waals surface area contributed by atoms with Crippen LogP contribution in [0.5, 0.6) is 0 Å². The number of rotatable bonds is 7. The lowest BCUT2D eigenvalue weighted by Crippen LogP contribution is -2.04. The lowest BCUT2D eigenvalue weighted by atomic mass is 10.1. The van der Waals surface area contributed by atoms with Gasteiger partial charge in [-0.2, -0.15) is 10.2 Å². The number of H-pyrrole nitrogens is 1. The lowest BCUT2D eigenvalue weighted by Gasteiger charge is -2.10. The van der Waals surface area contributed by atoms with Crippen LogP contribution in [0.15, 0.2) is 30.6 Å². The molecule has 0 radical (unpaired) electrons. The Labute approximate surface area is 148 Å². The average Bonchev–Trinajstić information content (AvgIpc) is 3.15. The number of anilines is 2. The molecule has 0 aromatic carbocycles. The van der Waals surface area contributed by atoms with Crippen molar-refractivity contribution in [2.24, 2.45) is 0 Å². The van der Waals surface area contributed by atoms with Crippen molar-refractivity contribution in [2.75, 3.05) is 19.0 Å². The quantitative estimate of drug-likeness (QED) is 0.631. The van der Waals surface area contributed by atoms with Gasteiger partial charge in [-0.05, 0) is 6.42 Å². The Kier molecular flexibility index (Phi) is 4.21. The van der Waals surface area contributed by atoms with Crippen molar-refractivity contribution in [3.8, 4) is 0 Å². The molecule has 0 atom stereocenters. The number of nitrogens with zero attached hydrogens (tertiary/aromatic N) is 5. The van der Waals surface area contributed by atoms with Crippen molar-refractivity contribution >= 4 is 39.7 Å². The van der Waals surface area contributed by atoms with Crippen LogP contribution in [0, 0.1) is 0 Å². The van der Waals surface area contributed by atoms with Crippen molar-refractivity contribution in [3.05, 3.63) is 41.6 Å². The number of aryl methyl sites for hydroxylation is 1. The predicted molar refractivity (Wildman–Crippen MR) is 95.8 cm³/mol. The van der Waals surface area contributed by atoms with Crippen LogP contribution in [0.2, 0.25) is 5.15 Å². The predicted octanol–water partition coefficient (Wildman–Crippen LogP) is 2.94. The van der Waals surface area contributed by atoms with Gasteiger partial charge in [-0.25, -0.2) is 9.97 Å². The summed E-state index contributed by atoms with van der Waals surface area (Å²) in [5.74, 6) is 1.25. The molecule has 9 heteroatoms. The summed E-state index contributed by atoms with van der Waals surface area (Å²) in [6.07, 6.45) is 10.1. The van der Waals surface area contributed by atoms with Gasteiger partial charge < -0.3 is 10.1 Å². The molecule has 0 spiro atoms. The van der Waals surface area contributed by atoms with E-state index in [4.69, 9.17) is 16.3 Å². The highest BCUT2D eigenvalue weighted by atomic mass is 35.5. The van der Waals surface area contributed by atoms with Gasteiger partial charge in [-0.15, -0.1) is 0 Å². The highest BCUT2D eigenvalue weighted by Crippen LogP contribution is 2.29. The maximum Gasteiger partial charge on any atom is 0.162 e. The van der Waals surface area contributed by atoms with Crippen LogP contribution in [-0.2, 0) is 11.3 Å². The molecule has 0 aliphatic heterocycles. The summed E-state index contributed by atoms with van der Waals surface area (Å²) < 4.78 is 6.79. The molecule has 0 fully saturated rings. The fourth-order valence-corrected chi connectivity index (χ4v) is 2.72. The number of fused-ring (bicyclic) bond motifs is 1. The van der Waals surface area contributed by atoms with Crippen LogP contribution in [0.3, 0.4) is 0 Å². The maximum absolute atomic E-state index is 6.42. The molecule has 8 nitrogen and oxygen atoms in total. The Morgan fingerprint density at radius 3 is 2.96 bits per heavy atom. The molecule has 1 aliphatic rings. The van der Waals surface area contributed by atoms with Gasteiger partial charge in [0.2, 0.25) is 0 Å². The minimum Gasteiger partial charge on any atom is -0.385 e. The Hall–Kier alpha value is -2.71. The molecular weight excluding hydrogens is 342 g/mol. The molecule has 25 heavy (non-hydrogen) atoms. The van der Waals surface area contributed by atoms with E-state index in [2.05, 4.69) is 30.6 Å². The second-order valence-corrected chi connectivity index (χ2v) is 5.91. The molecule has 0 saturated heterocycles. The fourth-order valence-electron chi connectivity index (χ4n) is 2.50. The van der Waals surface area contributed by atoms with E-state index in [0.717, 1.165) is 23.0 Å². The monoisotopic (exact) mass is 357 g/mol. The highest BCUT2D eigenvalue weighted by molar-refractivity contribution is 6.32. The van der Waals surface area contributed by atoms with Crippen molar-refractivity contribution in [2.45, 2.75) is 13.0 Å². The van der Waals surface area contributed by atoms with Gasteiger partial charge in [-0.3, -0.25) is 9.78 Å². The molecule has 4 rings (SSSR count). The van der Waals surface area contributed by atoms with Crippen molar-refractivity contribution < 1.29 is 4.74 Å². The number of aromatic amines is 1. The minimum absolute atomic E-state index is 0.520. The van der Waals surface area contributed by atoms with E-state index in [9.17, 15) is 0 Å². The van der Waals surface area contributed by atoms with Crippen molar-refractivity contribution in [1.29, 1.82) is 0 Å². The molecule has 2 N–H and O–H groups in total. The summed E-state index contributed by atoms with van der Waals surface area (Å²) in [4.78, 5) is 9.09. The smallest absolute Gasteiger partial charge is 0.162 e. The zero-order valence-electron chi connectivity index (χ0n) is 13.5. The highest BCUT2D eigenvalue weighted by Gasteiger charge is 2.16. The normalized spacial score (nSPS) is 13.1. The van der Waals surface area contributed by atoms with Gasteiger partial charge in [0, 0.05) is 25.8 Å². The number of methoxy groups -OCH3 is 1. The van der Waals surface area contributed by atoms with E-state index in [0.29, 0.717) is 35.6 Å². The van der Waals surface area contributed by atoms with Crippen LogP contribution in [0.1, 0.15) is 12.2 Å². The number of halogens is 1. The molecular formula is C16H16ClN7O. The van der Waals surface area contributed by atoms with Gasteiger partial charge >= 0.3 is 0 Å². The summed E-state index contributed by atoms with van der Waals surface area (Å²) in [6.45, 7) is 1.34. The van der Waals surface area contributed by atoms with Gasteiger partial charge in [-0.1, -0.05) is 29.8 Å². The minimum atomic E-state index is 0.520. The Balaban J connectivity index is 1.63. The first-order valence-electron chi connectivity index (χ1n) is 7.83. The molecule has 3 aromatic rings. The van der Waals surface area contributed by atoms with E-state index in [1.807, 2.05) is 18.2 Å². The number of aromatic nitrogens is 6. The second-order valence-electron chi connectivity index (χ2n) is 5.55. The van der Waals surface area contributed by atoms with Gasteiger partial charge in [0.15, 0.2) is 16.8 Å². The zero-order chi connectivity index (χ0) is 17.2. The van der Waals surface area contributed by atoms with Gasteiger partial charge in [0.25, 0.3) is 0 Å². The Bertz CT molecular complexity index is 972. The van der Waals surface area contributed by atoms with Crippen LogP contribution in [0.25, 0.3) is 16.6 Å². The molecule has 1 aliphatic carbocycles. The lowest BCUT2D eigenvalue weighted by molar-refractivity contribution is 0.189. The molecule has 0 unspecified atom stereocenters. The van der Waals surface area contributed by atoms with Crippen LogP contribution < -0.4 is 5.32 Å². The Morgan fingerprint density at radius 2 is 2.20 bits per heavy atom. The molecule has 128 valence electrons. The molecule has 0 bridgehead atoms. The first-order valence-corrected chi connectivity index (χ1v) is 8.21. The number of hydrogen-bond acceptors (Lipinski definition) is 6. The summed E-state index contributed by atoms with van der Waals surface area (Å²) >= 11 is 6.42. The van der Waals surface area contributed by atoms with Crippen LogP contribution >= 0.6 is 11.6 Å². The third kappa shape index (κ3) is 3.01. The van der Waals surface area contributed by atoms with E-state index in [-0.39, 0.29) is 0 Å². The fraction of sp³-hybridized carbons (Fsp3) is 0.250. The third-order valence-corrected chi connectivity index (χ3v) is 4.26. The van der Waals surface area contributed by atoms with Gasteiger partial charge in [0.1, 0.15) is 11.0 Å². The summed E-state index contributed by atoms with van der Waals surface area (Å²) in [7, 11) is 1.67. The SMILES string of the molecule is COCCCn1ncc(Nc2nc(C3=CC=C3)nc3cn[nH]c23)c1Cl. The summed E-state index contributed by atoms with van der Waals surface area (Å²) in [6, 6.07) is 0. The van der Waals surface area contributed by atoms with E-state index in [1.54, 1.807) is 24.2 Å². The van der Waals surface area contributed by atoms with Crippen LogP contribution in [0.4, 0.5) is 11.5 Å². The average molecular weight is 358 g/mol. The standard InChI is InChI=1S/C16H16ClN7O/c1-25-7-3-6-24-14(17)12(9-19-24)21-16-13-11(8-18-23-13)20-15(22-16)10-4-2-5-10/h2,4-5,8-9H,3,6-7H2,1H3,(H,18,23)(H,20,21,22). The van der Waals surface area contributed by atoms with E-state index in [1.165, 1.54) is 0 Å². The molecule has 3 aromatic heterocycles. The Morgan fingerprint density at radius 1 is 1.32 bits per heavy atom. The maximum atomic E-state index is 6.42. The van der Waals surface area contributed by atoms with Crippen molar-refractivity contribution in [3.63, 3.8) is 0 Å². The number of hydrogen-bond donors (Lipinski definition) is 2. The van der Waals surface area contributed by atoms with E-state index >= 15 is 0 Å². The first-order chi connectivity index (χ1) is 12.3. The van der Waals surface area contributed by atoms with Crippen molar-refractivity contribution in [1.82, 2.24) is 29.9 Å². The molecule has 0 saturated carbocycles. The number of ether oxygens (including phenoxy) is 1. The zero-order valence-corrected chi connectivity index (χ0v) is 14.3. The van der Waals surface area contributed by atoms with Crippen LogP contribution in [-0.4, -0.2) is 43.7 Å². The molecule has 3 heterocycles. The summed E-state index contributed by atoms with van der Waals surface area (Å²) in [5, 5.41) is 15.0. The molecule has 0 amide bonds. The third-order valence-electron chi connectivity index (χ3n) is 3.86. The van der Waals surface area contributed by atoms with Gasteiger partial charge in [0.05, 0.1) is 18.1 Å². The topological polar surface area (TPSA) is 93.5 Å². The number of allylic oxidation sites excluding steroid dienone is 4. The first kappa shape index (κ1) is 15.8. The van der Waals surface area contributed by atoms with E-state index < -0.39 is 0 Å². The largest absolute Gasteiger partial charge is 0.385 e. The second kappa shape index (κ2) is 6.66.